The zero-order chi connectivity index (χ0) is 14.7. The minimum atomic E-state index is -1.30. The van der Waals surface area contributed by atoms with Crippen molar-refractivity contribution in [1.82, 2.24) is 4.98 Å². The summed E-state index contributed by atoms with van der Waals surface area (Å²) < 4.78 is 18.6. The fourth-order valence-electron chi connectivity index (χ4n) is 1.46. The highest BCUT2D eigenvalue weighted by atomic mass is 19.1. The molecule has 2 aromatic rings. The van der Waals surface area contributed by atoms with Crippen LogP contribution in [0, 0.1) is 15.9 Å². The van der Waals surface area contributed by atoms with Crippen LogP contribution in [0.3, 0.4) is 0 Å². The number of hydrogen-bond acceptors (Lipinski definition) is 5. The second kappa shape index (κ2) is 5.31. The first-order valence-electron chi connectivity index (χ1n) is 5.29. The molecule has 0 aliphatic heterocycles. The number of aromatic nitrogens is 1. The highest BCUT2D eigenvalue weighted by Crippen LogP contribution is 2.27. The van der Waals surface area contributed by atoms with Gasteiger partial charge in [0, 0.05) is 18.3 Å². The number of carboxylic acids is 1. The van der Waals surface area contributed by atoms with Gasteiger partial charge in [-0.2, -0.15) is 4.39 Å². The van der Waals surface area contributed by atoms with E-state index < -0.39 is 22.4 Å². The minimum absolute atomic E-state index is 0.0661. The summed E-state index contributed by atoms with van der Waals surface area (Å²) in [7, 11) is 0. The largest absolute Gasteiger partial charge is 0.476 e. The average Bonchev–Trinajstić information content (AvgIpc) is 2.38. The zero-order valence-electron chi connectivity index (χ0n) is 9.82. The number of carboxylic acid groups (broad SMARTS) is 1. The van der Waals surface area contributed by atoms with Crippen molar-refractivity contribution in [3.63, 3.8) is 0 Å². The maximum Gasteiger partial charge on any atom is 0.358 e. The summed E-state index contributed by atoms with van der Waals surface area (Å²) in [6, 6.07) is 5.69. The highest BCUT2D eigenvalue weighted by molar-refractivity contribution is 5.88. The van der Waals surface area contributed by atoms with Crippen LogP contribution in [0.15, 0.2) is 36.5 Å². The molecule has 0 amide bonds. The molecule has 1 N–H and O–H groups in total. The van der Waals surface area contributed by atoms with Crippen LogP contribution in [0.4, 0.5) is 10.1 Å². The van der Waals surface area contributed by atoms with Crippen LogP contribution in [0.1, 0.15) is 10.5 Å². The van der Waals surface area contributed by atoms with E-state index in [1.165, 1.54) is 24.4 Å². The van der Waals surface area contributed by atoms with Gasteiger partial charge >= 0.3 is 11.7 Å². The van der Waals surface area contributed by atoms with Crippen molar-refractivity contribution in [2.75, 3.05) is 0 Å². The Morgan fingerprint density at radius 3 is 2.75 bits per heavy atom. The van der Waals surface area contributed by atoms with E-state index in [2.05, 4.69) is 4.98 Å². The Morgan fingerprint density at radius 2 is 2.15 bits per heavy atom. The van der Waals surface area contributed by atoms with E-state index in [4.69, 9.17) is 9.84 Å². The molecule has 0 atom stereocenters. The summed E-state index contributed by atoms with van der Waals surface area (Å²) in [4.78, 5) is 24.1. The molecule has 0 radical (unpaired) electrons. The number of rotatable bonds is 4. The molecule has 0 fully saturated rings. The lowest BCUT2D eigenvalue weighted by molar-refractivity contribution is -0.387. The Balaban J connectivity index is 2.34. The quantitative estimate of drug-likeness (QED) is 0.681. The van der Waals surface area contributed by atoms with Gasteiger partial charge in [0.1, 0.15) is 5.75 Å². The monoisotopic (exact) mass is 278 g/mol. The predicted octanol–water partition coefficient (Wildman–Crippen LogP) is 2.62. The van der Waals surface area contributed by atoms with Crippen molar-refractivity contribution >= 4 is 11.7 Å². The van der Waals surface area contributed by atoms with E-state index in [0.29, 0.717) is 0 Å². The third kappa shape index (κ3) is 2.69. The second-order valence-corrected chi connectivity index (χ2v) is 3.63. The Bertz CT molecular complexity index is 689. The van der Waals surface area contributed by atoms with E-state index in [1.807, 2.05) is 0 Å². The maximum absolute atomic E-state index is 13.4. The van der Waals surface area contributed by atoms with Gasteiger partial charge in [-0.3, -0.25) is 10.1 Å². The van der Waals surface area contributed by atoms with E-state index >= 15 is 0 Å². The summed E-state index contributed by atoms with van der Waals surface area (Å²) in [6.45, 7) is 0. The van der Waals surface area contributed by atoms with Gasteiger partial charge in [-0.1, -0.05) is 0 Å². The van der Waals surface area contributed by atoms with Crippen LogP contribution in [-0.4, -0.2) is 21.0 Å². The Labute approximate surface area is 111 Å². The number of ether oxygens (including phenoxy) is 1. The van der Waals surface area contributed by atoms with E-state index in [1.54, 1.807) is 0 Å². The van der Waals surface area contributed by atoms with Crippen molar-refractivity contribution in [1.29, 1.82) is 0 Å². The number of nitro groups is 1. The molecule has 2 rings (SSSR count). The molecule has 0 bridgehead atoms. The summed E-state index contributed by atoms with van der Waals surface area (Å²) in [5.41, 5.74) is -1.03. The molecule has 8 heteroatoms. The Kier molecular flexibility index (Phi) is 3.56. The first-order chi connectivity index (χ1) is 9.49. The van der Waals surface area contributed by atoms with Crippen LogP contribution in [0.5, 0.6) is 11.5 Å². The van der Waals surface area contributed by atoms with Crippen molar-refractivity contribution < 1.29 is 24.0 Å². The number of nitro benzene ring substituents is 1. The number of benzene rings is 1. The van der Waals surface area contributed by atoms with Crippen LogP contribution >= 0.6 is 0 Å². The fourth-order valence-corrected chi connectivity index (χ4v) is 1.46. The van der Waals surface area contributed by atoms with Crippen molar-refractivity contribution in [3.05, 3.63) is 58.2 Å². The summed E-state index contributed by atoms with van der Waals surface area (Å²) >= 11 is 0. The van der Waals surface area contributed by atoms with Crippen molar-refractivity contribution in [2.24, 2.45) is 0 Å². The number of pyridine rings is 1. The van der Waals surface area contributed by atoms with Gasteiger partial charge in [-0.15, -0.1) is 0 Å². The van der Waals surface area contributed by atoms with Gasteiger partial charge in [0.25, 0.3) is 0 Å². The van der Waals surface area contributed by atoms with Crippen molar-refractivity contribution in [2.45, 2.75) is 0 Å². The van der Waals surface area contributed by atoms with E-state index in [-0.39, 0.29) is 17.2 Å². The molecule has 0 aliphatic carbocycles. The van der Waals surface area contributed by atoms with Crippen LogP contribution in [0.2, 0.25) is 0 Å². The number of halogens is 1. The fraction of sp³-hybridized carbons (Fsp3) is 0. The SMILES string of the molecule is O=C(O)c1ncccc1Oc1ccc([N+](=O)[O-])c(F)c1. The van der Waals surface area contributed by atoms with E-state index in [0.717, 1.165) is 12.1 Å². The summed E-state index contributed by atoms with van der Waals surface area (Å²) in [5.74, 6) is -2.53. The van der Waals surface area contributed by atoms with Crippen molar-refractivity contribution in [3.8, 4) is 11.5 Å². The number of aromatic carboxylic acids is 1. The van der Waals surface area contributed by atoms with Gasteiger partial charge in [0.15, 0.2) is 11.4 Å². The number of carbonyl (C=O) groups is 1. The predicted molar refractivity (Wildman–Crippen MR) is 64.3 cm³/mol. The van der Waals surface area contributed by atoms with Gasteiger partial charge in [0.05, 0.1) is 4.92 Å². The standard InChI is InChI=1S/C12H7FN2O5/c13-8-6-7(3-4-9(8)15(18)19)20-10-2-1-5-14-11(10)12(16)17/h1-6H,(H,16,17). The lowest BCUT2D eigenvalue weighted by Gasteiger charge is -2.07. The van der Waals surface area contributed by atoms with Gasteiger partial charge < -0.3 is 9.84 Å². The lowest BCUT2D eigenvalue weighted by Crippen LogP contribution is -2.03. The minimum Gasteiger partial charge on any atom is -0.476 e. The van der Waals surface area contributed by atoms with Crippen LogP contribution in [0.25, 0.3) is 0 Å². The Morgan fingerprint density at radius 1 is 1.40 bits per heavy atom. The van der Waals surface area contributed by atoms with Crippen LogP contribution < -0.4 is 4.74 Å². The summed E-state index contributed by atoms with van der Waals surface area (Å²) in [5, 5.41) is 19.4. The molecule has 1 heterocycles. The van der Waals surface area contributed by atoms with E-state index in [9.17, 15) is 19.3 Å². The second-order valence-electron chi connectivity index (χ2n) is 3.63. The third-order valence-electron chi connectivity index (χ3n) is 2.32. The van der Waals surface area contributed by atoms with Crippen LogP contribution in [-0.2, 0) is 0 Å². The van der Waals surface area contributed by atoms with Gasteiger partial charge in [0.2, 0.25) is 5.82 Å². The maximum atomic E-state index is 13.4. The lowest BCUT2D eigenvalue weighted by atomic mass is 10.3. The molecule has 0 unspecified atom stereocenters. The number of nitrogens with zero attached hydrogens (tertiary/aromatic N) is 2. The molecule has 1 aromatic carbocycles. The molecule has 1 aromatic heterocycles. The molecule has 20 heavy (non-hydrogen) atoms. The van der Waals surface area contributed by atoms with Gasteiger partial charge in [-0.05, 0) is 18.2 Å². The molecule has 0 spiro atoms. The first kappa shape index (κ1) is 13.4. The third-order valence-corrected chi connectivity index (χ3v) is 2.32. The summed E-state index contributed by atoms with van der Waals surface area (Å²) in [6.07, 6.45) is 1.27. The topological polar surface area (TPSA) is 103 Å². The highest BCUT2D eigenvalue weighted by Gasteiger charge is 2.17. The molecular formula is C12H7FN2O5. The average molecular weight is 278 g/mol. The smallest absolute Gasteiger partial charge is 0.358 e. The molecule has 102 valence electrons. The molecule has 0 aliphatic rings. The molecule has 0 saturated heterocycles. The molecule has 0 saturated carbocycles. The molecule has 7 nitrogen and oxygen atoms in total. The van der Waals surface area contributed by atoms with Gasteiger partial charge in [-0.25, -0.2) is 9.78 Å². The molecular weight excluding hydrogens is 271 g/mol. The first-order valence-corrected chi connectivity index (χ1v) is 5.29. The zero-order valence-corrected chi connectivity index (χ0v) is 9.82. The normalized spacial score (nSPS) is 10.1. The number of hydrogen-bond donors (Lipinski definition) is 1. The Hall–Kier alpha value is -3.03.